The number of rotatable bonds is 22. The topological polar surface area (TPSA) is 74.2 Å². The van der Waals surface area contributed by atoms with Crippen LogP contribution >= 0.6 is 7.82 Å². The lowest BCUT2D eigenvalue weighted by molar-refractivity contribution is -0.0360. The van der Waals surface area contributed by atoms with Crippen molar-refractivity contribution < 1.29 is 28.0 Å². The molecule has 6 unspecified atom stereocenters. The minimum Gasteiger partial charge on any atom is -0.376 e. The first-order valence-corrected chi connectivity index (χ1v) is 15.1. The van der Waals surface area contributed by atoms with Crippen molar-refractivity contribution in [3.63, 3.8) is 0 Å². The van der Waals surface area contributed by atoms with E-state index >= 15 is 0 Å². The van der Waals surface area contributed by atoms with Crippen molar-refractivity contribution in [3.05, 3.63) is 0 Å². The minimum absolute atomic E-state index is 0.143. The van der Waals surface area contributed by atoms with Crippen molar-refractivity contribution in [1.29, 1.82) is 0 Å². The van der Waals surface area contributed by atoms with E-state index in [9.17, 15) is 9.46 Å². The Labute approximate surface area is 205 Å². The predicted octanol–water partition coefficient (Wildman–Crippen LogP) is 7.92. The normalized spacial score (nSPS) is 19.4. The monoisotopic (exact) mass is 494 g/mol. The van der Waals surface area contributed by atoms with E-state index in [1.54, 1.807) is 13.8 Å². The second-order valence-electron chi connectivity index (χ2n) is 9.63. The van der Waals surface area contributed by atoms with Crippen LogP contribution in [0.4, 0.5) is 0 Å². The third-order valence-corrected chi connectivity index (χ3v) is 7.66. The zero-order valence-electron chi connectivity index (χ0n) is 22.9. The van der Waals surface area contributed by atoms with E-state index in [2.05, 4.69) is 41.5 Å². The van der Waals surface area contributed by atoms with E-state index in [-0.39, 0.29) is 25.4 Å². The molecule has 0 heterocycles. The summed E-state index contributed by atoms with van der Waals surface area (Å²) in [5.41, 5.74) is 0. The molecule has 6 atom stereocenters. The maximum absolute atomic E-state index is 12.5. The molecule has 0 aromatic carbocycles. The molecule has 0 fully saturated rings. The molecule has 0 radical (unpaired) electrons. The molecule has 0 amide bonds. The Bertz CT molecular complexity index is 463. The van der Waals surface area contributed by atoms with Gasteiger partial charge >= 0.3 is 7.82 Å². The highest BCUT2D eigenvalue weighted by molar-refractivity contribution is 7.47. The van der Waals surface area contributed by atoms with Crippen LogP contribution in [0.2, 0.25) is 0 Å². The van der Waals surface area contributed by atoms with Crippen LogP contribution < -0.4 is 0 Å². The zero-order valence-corrected chi connectivity index (χ0v) is 23.8. The average molecular weight is 495 g/mol. The van der Waals surface area contributed by atoms with Gasteiger partial charge in [-0.2, -0.15) is 0 Å². The molecule has 7 heteroatoms. The summed E-state index contributed by atoms with van der Waals surface area (Å²) in [6.45, 7) is 17.1. The molecular weight excluding hydrogens is 439 g/mol. The van der Waals surface area contributed by atoms with E-state index in [4.69, 9.17) is 18.5 Å². The van der Waals surface area contributed by atoms with Gasteiger partial charge in [0.2, 0.25) is 0 Å². The van der Waals surface area contributed by atoms with Gasteiger partial charge in [-0.15, -0.1) is 0 Å². The molecule has 200 valence electrons. The molecule has 1 N–H and O–H groups in total. The maximum atomic E-state index is 12.5. The largest absolute Gasteiger partial charge is 0.472 e. The molecule has 0 aromatic rings. The Kier molecular flexibility index (Phi) is 19.3. The van der Waals surface area contributed by atoms with E-state index in [0.717, 1.165) is 38.5 Å². The number of phosphoric ester groups is 1. The van der Waals surface area contributed by atoms with Crippen LogP contribution in [-0.4, -0.2) is 42.5 Å². The van der Waals surface area contributed by atoms with Crippen LogP contribution in [0.25, 0.3) is 0 Å². The van der Waals surface area contributed by atoms with E-state index in [1.807, 2.05) is 0 Å². The lowest BCUT2D eigenvalue weighted by atomic mass is 9.93. The summed E-state index contributed by atoms with van der Waals surface area (Å²) in [5.74, 6) is 1.32. The summed E-state index contributed by atoms with van der Waals surface area (Å²) in [6, 6.07) is 0. The zero-order chi connectivity index (χ0) is 25.3. The van der Waals surface area contributed by atoms with Crippen LogP contribution in [0.5, 0.6) is 0 Å². The van der Waals surface area contributed by atoms with Crippen LogP contribution in [0.15, 0.2) is 0 Å². The lowest BCUT2D eigenvalue weighted by Crippen LogP contribution is -2.25. The molecule has 0 rings (SSSR count). The van der Waals surface area contributed by atoms with Crippen molar-refractivity contribution in [2.24, 2.45) is 11.8 Å². The third kappa shape index (κ3) is 16.4. The Hall–Kier alpha value is 0.0300. The van der Waals surface area contributed by atoms with E-state index < -0.39 is 20.0 Å². The van der Waals surface area contributed by atoms with Gasteiger partial charge in [0.15, 0.2) is 0 Å². The highest BCUT2D eigenvalue weighted by Gasteiger charge is 2.28. The molecule has 0 spiro atoms. The molecule has 0 bridgehead atoms. The Morgan fingerprint density at radius 2 is 1.03 bits per heavy atom. The number of ether oxygens (including phenoxy) is 2. The van der Waals surface area contributed by atoms with Gasteiger partial charge in [-0.25, -0.2) is 4.57 Å². The summed E-state index contributed by atoms with van der Waals surface area (Å²) in [6.07, 6.45) is 10.2. The van der Waals surface area contributed by atoms with Gasteiger partial charge in [0, 0.05) is 0 Å². The maximum Gasteiger partial charge on any atom is 0.472 e. The Morgan fingerprint density at radius 3 is 1.30 bits per heavy atom. The van der Waals surface area contributed by atoms with Gasteiger partial charge in [-0.1, -0.05) is 80.1 Å². The fourth-order valence-electron chi connectivity index (χ4n) is 4.33. The van der Waals surface area contributed by atoms with Crippen LogP contribution in [0.1, 0.15) is 120 Å². The fourth-order valence-corrected chi connectivity index (χ4v) is 5.41. The molecule has 0 aromatic heterocycles. The van der Waals surface area contributed by atoms with Crippen molar-refractivity contribution >= 4 is 7.82 Å². The van der Waals surface area contributed by atoms with Gasteiger partial charge in [0.05, 0.1) is 37.6 Å². The summed E-state index contributed by atoms with van der Waals surface area (Å²) in [7, 11) is -4.19. The molecule has 6 nitrogen and oxygen atoms in total. The summed E-state index contributed by atoms with van der Waals surface area (Å²) in [4.78, 5) is 10.2. The fraction of sp³-hybridized carbons (Fsp3) is 1.00. The smallest absolute Gasteiger partial charge is 0.376 e. The summed E-state index contributed by atoms with van der Waals surface area (Å²) in [5, 5.41) is 0. The van der Waals surface area contributed by atoms with Crippen molar-refractivity contribution in [1.82, 2.24) is 0 Å². The third-order valence-electron chi connectivity index (χ3n) is 6.41. The molecule has 0 saturated heterocycles. The first-order valence-electron chi connectivity index (χ1n) is 13.6. The molecular formula is C26H55O6P. The number of hydrogen-bond acceptors (Lipinski definition) is 5. The van der Waals surface area contributed by atoms with Gasteiger partial charge in [0.1, 0.15) is 0 Å². The molecule has 0 aliphatic heterocycles. The van der Waals surface area contributed by atoms with Crippen LogP contribution in [0.3, 0.4) is 0 Å². The number of hydrogen-bond donors (Lipinski definition) is 1. The second kappa shape index (κ2) is 19.2. The van der Waals surface area contributed by atoms with E-state index in [0.29, 0.717) is 11.8 Å². The quantitative estimate of drug-likeness (QED) is 0.154. The minimum atomic E-state index is -4.19. The van der Waals surface area contributed by atoms with Gasteiger partial charge in [-0.05, 0) is 51.4 Å². The Morgan fingerprint density at radius 1 is 0.667 bits per heavy atom. The van der Waals surface area contributed by atoms with Gasteiger partial charge < -0.3 is 14.4 Å². The van der Waals surface area contributed by atoms with Crippen molar-refractivity contribution in [3.8, 4) is 0 Å². The van der Waals surface area contributed by atoms with Crippen molar-refractivity contribution in [2.45, 2.75) is 144 Å². The highest BCUT2D eigenvalue weighted by atomic mass is 31.2. The first-order chi connectivity index (χ1) is 15.6. The standard InChI is InChI=1S/C26H55O6P/c1-9-15-23(11-3)17-25(13-5)29-19-21(7)31-33(27,28)32-22(8)20-30-26(14-6)18-24(12-4)16-10-2/h21-26H,9-20H2,1-8H3,(H,27,28). The van der Waals surface area contributed by atoms with E-state index in [1.165, 1.54) is 25.7 Å². The summed E-state index contributed by atoms with van der Waals surface area (Å²) >= 11 is 0. The average Bonchev–Trinajstić information content (AvgIpc) is 2.77. The molecule has 0 saturated carbocycles. The van der Waals surface area contributed by atoms with Crippen molar-refractivity contribution in [2.75, 3.05) is 13.2 Å². The lowest BCUT2D eigenvalue weighted by Gasteiger charge is -2.26. The van der Waals surface area contributed by atoms with Gasteiger partial charge in [0.25, 0.3) is 0 Å². The molecule has 33 heavy (non-hydrogen) atoms. The first kappa shape index (κ1) is 33.0. The molecule has 0 aliphatic rings. The second-order valence-corrected chi connectivity index (χ2v) is 11.0. The van der Waals surface area contributed by atoms with Crippen LogP contribution in [-0.2, 0) is 23.1 Å². The molecule has 0 aliphatic carbocycles. The van der Waals surface area contributed by atoms with Gasteiger partial charge in [-0.3, -0.25) is 9.05 Å². The predicted molar refractivity (Wildman–Crippen MR) is 138 cm³/mol. The van der Waals surface area contributed by atoms with Crippen LogP contribution in [0, 0.1) is 11.8 Å². The SMILES string of the molecule is CCCC(CC)CC(CC)OCC(C)OP(=O)(O)OC(C)COC(CC)CC(CC)CCC. The summed E-state index contributed by atoms with van der Waals surface area (Å²) < 4.78 is 35.2. The highest BCUT2D eigenvalue weighted by Crippen LogP contribution is 2.46. The Balaban J connectivity index is 4.47. The number of phosphoric acid groups is 1.